The lowest BCUT2D eigenvalue weighted by Crippen LogP contribution is -1.93. The highest BCUT2D eigenvalue weighted by Gasteiger charge is 2.27. The fourth-order valence-corrected chi connectivity index (χ4v) is 8.63. The largest absolute Gasteiger partial charge is 0.256 e. The molecule has 2 nitrogen and oxygen atoms in total. The van der Waals surface area contributed by atoms with Gasteiger partial charge in [0.1, 0.15) is 0 Å². The van der Waals surface area contributed by atoms with Crippen LogP contribution in [-0.4, -0.2) is 9.97 Å². The number of hydrogen-bond donors (Lipinski definition) is 0. The second kappa shape index (κ2) is 9.57. The molecule has 0 aliphatic carbocycles. The van der Waals surface area contributed by atoms with Crippen LogP contribution in [0.2, 0.25) is 0 Å². The molecule has 0 N–H and O–H groups in total. The average molecular weight is 607 g/mol. The van der Waals surface area contributed by atoms with Crippen molar-refractivity contribution in [1.82, 2.24) is 9.97 Å². The van der Waals surface area contributed by atoms with Gasteiger partial charge in [0.05, 0.1) is 11.4 Å². The van der Waals surface area contributed by atoms with Crippen LogP contribution in [-0.2, 0) is 0 Å². The van der Waals surface area contributed by atoms with E-state index in [0.29, 0.717) is 0 Å². The molecule has 11 aromatic rings. The highest BCUT2D eigenvalue weighted by Crippen LogP contribution is 2.54. The molecule has 0 spiro atoms. The molecule has 0 atom stereocenters. The molecule has 2 heteroatoms. The van der Waals surface area contributed by atoms with E-state index in [-0.39, 0.29) is 0 Å². The van der Waals surface area contributed by atoms with E-state index in [4.69, 9.17) is 9.97 Å². The molecule has 2 heterocycles. The summed E-state index contributed by atoms with van der Waals surface area (Å²) in [6, 6.07) is 52.9. The molecule has 11 rings (SSSR count). The summed E-state index contributed by atoms with van der Waals surface area (Å²) in [4.78, 5) is 10.1. The van der Waals surface area contributed by atoms with Crippen molar-refractivity contribution in [2.45, 2.75) is 0 Å². The van der Waals surface area contributed by atoms with Crippen molar-refractivity contribution >= 4 is 75.4 Å². The maximum absolute atomic E-state index is 5.06. The van der Waals surface area contributed by atoms with Gasteiger partial charge in [-0.1, -0.05) is 115 Å². The summed E-state index contributed by atoms with van der Waals surface area (Å²) in [7, 11) is 0. The quantitative estimate of drug-likeness (QED) is 0.187. The standard InChI is InChI=1S/C46H26N2/c1-2-12-27(13-3-1)28-22-23-35-40-31(28)16-10-19-34(40)45-44(35)43(38-20-6-8-24-47-38)37-26-36-30-15-5-4-14-29(30)32-17-11-18-33(41(32)36)42(37)46(45)39-21-7-9-25-48-39/h1-26H. The van der Waals surface area contributed by atoms with Crippen LogP contribution in [0.25, 0.3) is 109 Å². The molecular formula is C46H26N2. The maximum atomic E-state index is 5.06. The minimum atomic E-state index is 0.980. The Morgan fingerprint density at radius 3 is 1.56 bits per heavy atom. The lowest BCUT2D eigenvalue weighted by molar-refractivity contribution is 1.33. The van der Waals surface area contributed by atoms with Crippen molar-refractivity contribution in [3.8, 4) is 33.6 Å². The fraction of sp³-hybridized carbons (Fsp3) is 0. The van der Waals surface area contributed by atoms with Crippen molar-refractivity contribution < 1.29 is 0 Å². The molecule has 9 aromatic carbocycles. The Labute approximate surface area is 276 Å². The Balaban J connectivity index is 1.48. The summed E-state index contributed by atoms with van der Waals surface area (Å²) in [5.41, 5.74) is 6.80. The molecule has 0 saturated carbocycles. The van der Waals surface area contributed by atoms with E-state index >= 15 is 0 Å². The first-order valence-corrected chi connectivity index (χ1v) is 16.5. The lowest BCUT2D eigenvalue weighted by atomic mass is 9.86. The summed E-state index contributed by atoms with van der Waals surface area (Å²) in [6.07, 6.45) is 3.84. The highest BCUT2D eigenvalue weighted by molar-refractivity contribution is 6.45. The van der Waals surface area contributed by atoms with Crippen LogP contribution < -0.4 is 0 Å². The summed E-state index contributed by atoms with van der Waals surface area (Å²) in [5, 5.41) is 17.7. The monoisotopic (exact) mass is 606 g/mol. The van der Waals surface area contributed by atoms with E-state index < -0.39 is 0 Å². The normalized spacial score (nSPS) is 12.2. The van der Waals surface area contributed by atoms with Crippen molar-refractivity contribution in [3.63, 3.8) is 0 Å². The van der Waals surface area contributed by atoms with Crippen LogP contribution in [0.5, 0.6) is 0 Å². The third-order valence-electron chi connectivity index (χ3n) is 10.4. The summed E-state index contributed by atoms with van der Waals surface area (Å²) < 4.78 is 0. The first-order valence-electron chi connectivity index (χ1n) is 16.5. The first-order chi connectivity index (χ1) is 23.9. The Kier molecular flexibility index (Phi) is 5.14. The fourth-order valence-electron chi connectivity index (χ4n) is 8.63. The Hall–Kier alpha value is -6.38. The van der Waals surface area contributed by atoms with Gasteiger partial charge in [0.2, 0.25) is 0 Å². The number of benzene rings is 7. The van der Waals surface area contributed by atoms with Gasteiger partial charge in [-0.2, -0.15) is 0 Å². The summed E-state index contributed by atoms with van der Waals surface area (Å²) >= 11 is 0. The third kappa shape index (κ3) is 3.31. The lowest BCUT2D eigenvalue weighted by Gasteiger charge is -2.18. The molecule has 220 valence electrons. The number of rotatable bonds is 3. The molecule has 0 saturated heterocycles. The van der Waals surface area contributed by atoms with Gasteiger partial charge in [0.25, 0.3) is 0 Å². The van der Waals surface area contributed by atoms with Crippen molar-refractivity contribution in [3.05, 3.63) is 158 Å². The van der Waals surface area contributed by atoms with E-state index in [9.17, 15) is 0 Å². The van der Waals surface area contributed by atoms with Crippen LogP contribution >= 0.6 is 0 Å². The molecule has 0 radical (unpaired) electrons. The maximum Gasteiger partial charge on any atom is 0.0714 e. The summed E-state index contributed by atoms with van der Waals surface area (Å²) in [6.45, 7) is 0. The molecule has 0 fully saturated rings. The molecule has 0 unspecified atom stereocenters. The van der Waals surface area contributed by atoms with E-state index in [2.05, 4.69) is 133 Å². The molecule has 0 aliphatic heterocycles. The number of pyridine rings is 2. The average Bonchev–Trinajstić information content (AvgIpc) is 3.66. The second-order valence-corrected chi connectivity index (χ2v) is 12.8. The zero-order valence-electron chi connectivity index (χ0n) is 25.9. The number of fused-ring (bicyclic) bond motifs is 8. The van der Waals surface area contributed by atoms with Crippen LogP contribution in [0.15, 0.2) is 158 Å². The van der Waals surface area contributed by atoms with E-state index in [1.165, 1.54) is 97.7 Å². The van der Waals surface area contributed by atoms with Gasteiger partial charge in [-0.25, -0.2) is 0 Å². The number of aromatic nitrogens is 2. The van der Waals surface area contributed by atoms with Gasteiger partial charge < -0.3 is 0 Å². The second-order valence-electron chi connectivity index (χ2n) is 12.8. The van der Waals surface area contributed by atoms with E-state index in [1.54, 1.807) is 0 Å². The summed E-state index contributed by atoms with van der Waals surface area (Å²) in [5.74, 6) is 0. The molecule has 0 amide bonds. The minimum absolute atomic E-state index is 0.980. The molecular weight excluding hydrogens is 581 g/mol. The van der Waals surface area contributed by atoms with Crippen LogP contribution in [0.1, 0.15) is 0 Å². The molecule has 48 heavy (non-hydrogen) atoms. The SMILES string of the molecule is c1ccc(-c2ccc3c4c(-c5ccccn5)c5cc6c7ccccc7c7cccc(c5c(-c5ccccn5)c4c4cccc2c34)c76)cc1. The molecule has 2 aromatic heterocycles. The van der Waals surface area contributed by atoms with Crippen molar-refractivity contribution in [2.75, 3.05) is 0 Å². The number of hydrogen-bond acceptors (Lipinski definition) is 2. The predicted molar refractivity (Wildman–Crippen MR) is 203 cm³/mol. The minimum Gasteiger partial charge on any atom is -0.256 e. The van der Waals surface area contributed by atoms with Crippen LogP contribution in [0.4, 0.5) is 0 Å². The van der Waals surface area contributed by atoms with Crippen molar-refractivity contribution in [2.24, 2.45) is 0 Å². The third-order valence-corrected chi connectivity index (χ3v) is 10.4. The van der Waals surface area contributed by atoms with Gasteiger partial charge in [-0.3, -0.25) is 9.97 Å². The zero-order valence-corrected chi connectivity index (χ0v) is 25.9. The van der Waals surface area contributed by atoms with Gasteiger partial charge in [0.15, 0.2) is 0 Å². The van der Waals surface area contributed by atoms with E-state index in [1.807, 2.05) is 24.5 Å². The number of nitrogens with zero attached hydrogens (tertiary/aromatic N) is 2. The Bertz CT molecular complexity index is 3020. The zero-order chi connectivity index (χ0) is 31.3. The topological polar surface area (TPSA) is 25.8 Å². The Morgan fingerprint density at radius 2 is 0.833 bits per heavy atom. The predicted octanol–water partition coefficient (Wildman–Crippen LogP) is 12.4. The van der Waals surface area contributed by atoms with Crippen molar-refractivity contribution in [1.29, 1.82) is 0 Å². The smallest absolute Gasteiger partial charge is 0.0714 e. The van der Waals surface area contributed by atoms with Gasteiger partial charge in [-0.15, -0.1) is 0 Å². The highest BCUT2D eigenvalue weighted by atomic mass is 14.7. The van der Waals surface area contributed by atoms with Gasteiger partial charge in [-0.05, 0) is 101 Å². The van der Waals surface area contributed by atoms with E-state index in [0.717, 1.165) is 11.4 Å². The first kappa shape index (κ1) is 25.8. The van der Waals surface area contributed by atoms with Crippen LogP contribution in [0, 0.1) is 0 Å². The molecule has 0 bridgehead atoms. The van der Waals surface area contributed by atoms with Gasteiger partial charge in [0, 0.05) is 39.7 Å². The Morgan fingerprint density at radius 1 is 0.292 bits per heavy atom. The van der Waals surface area contributed by atoms with Crippen LogP contribution in [0.3, 0.4) is 0 Å². The molecule has 0 aliphatic rings. The van der Waals surface area contributed by atoms with Gasteiger partial charge >= 0.3 is 0 Å².